The number of rotatable bonds is 8. The highest BCUT2D eigenvalue weighted by molar-refractivity contribution is 5.04. The predicted octanol–water partition coefficient (Wildman–Crippen LogP) is 1.77. The van der Waals surface area contributed by atoms with Crippen LogP contribution in [0.4, 0.5) is 0 Å². The Bertz CT molecular complexity index is 1020. The molecular weight excluding hydrogens is 502 g/mol. The highest BCUT2D eigenvalue weighted by Gasteiger charge is 2.18. The molecule has 0 radical (unpaired) electrons. The van der Waals surface area contributed by atoms with E-state index in [1.807, 2.05) is 49.1 Å². The van der Waals surface area contributed by atoms with Crippen molar-refractivity contribution in [2.75, 3.05) is 52.4 Å². The van der Waals surface area contributed by atoms with Gasteiger partial charge in [0.15, 0.2) is 0 Å². The lowest BCUT2D eigenvalue weighted by Crippen LogP contribution is -2.45. The zero-order chi connectivity index (χ0) is 27.2. The van der Waals surface area contributed by atoms with Crippen molar-refractivity contribution in [3.8, 4) is 0 Å². The van der Waals surface area contributed by atoms with Gasteiger partial charge in [-0.05, 0) is 30.3 Å². The maximum atomic E-state index is 4.61. The van der Waals surface area contributed by atoms with Crippen LogP contribution >= 0.6 is 0 Å². The van der Waals surface area contributed by atoms with E-state index in [0.717, 1.165) is 101 Å². The minimum atomic E-state index is 0.789. The fraction of sp³-hybridized carbons (Fsp3) is 0.414. The molecule has 1 aliphatic heterocycles. The van der Waals surface area contributed by atoms with Crippen LogP contribution in [-0.4, -0.2) is 107 Å². The number of hydrogen-bond acceptors (Lipinski definition) is 11. The van der Waals surface area contributed by atoms with Gasteiger partial charge in [0, 0.05) is 103 Å². The summed E-state index contributed by atoms with van der Waals surface area (Å²) < 4.78 is 0. The minimum absolute atomic E-state index is 0.789. The van der Waals surface area contributed by atoms with E-state index in [1.165, 1.54) is 0 Å². The summed E-state index contributed by atoms with van der Waals surface area (Å²) >= 11 is 0. The van der Waals surface area contributed by atoms with E-state index in [2.05, 4.69) is 66.6 Å². The molecule has 0 bridgehead atoms. The van der Waals surface area contributed by atoms with Gasteiger partial charge in [-0.2, -0.15) is 0 Å². The Balaban J connectivity index is 1.34. The van der Waals surface area contributed by atoms with Crippen molar-refractivity contribution in [2.45, 2.75) is 26.2 Å². The molecule has 0 aromatic carbocycles. The van der Waals surface area contributed by atoms with Crippen molar-refractivity contribution in [3.05, 3.63) is 103 Å². The molecule has 0 atom stereocenters. The first-order valence-corrected chi connectivity index (χ1v) is 13.8. The molecule has 0 spiro atoms. The highest BCUT2D eigenvalue weighted by Crippen LogP contribution is 2.10. The quantitative estimate of drug-likeness (QED) is 0.327. The minimum Gasteiger partial charge on any atom is -0.295 e. The van der Waals surface area contributed by atoms with E-state index in [-0.39, 0.29) is 0 Å². The topological polar surface area (TPSA) is 103 Å². The second-order valence-electron chi connectivity index (χ2n) is 10.0. The van der Waals surface area contributed by atoms with Crippen LogP contribution in [0.15, 0.2) is 80.2 Å². The Morgan fingerprint density at radius 2 is 0.750 bits per heavy atom. The zero-order valence-corrected chi connectivity index (χ0v) is 22.9. The van der Waals surface area contributed by atoms with Crippen molar-refractivity contribution >= 4 is 0 Å². The van der Waals surface area contributed by atoms with E-state index < -0.39 is 0 Å². The molecule has 11 heteroatoms. The summed E-state index contributed by atoms with van der Waals surface area (Å²) in [5.74, 6) is 0. The average molecular weight is 540 g/mol. The smallest absolute Gasteiger partial charge is 0.115 e. The van der Waals surface area contributed by atoms with Crippen LogP contribution in [0.1, 0.15) is 22.8 Å². The highest BCUT2D eigenvalue weighted by atomic mass is 15.3. The summed E-state index contributed by atoms with van der Waals surface area (Å²) in [5.41, 5.74) is 4.21. The lowest BCUT2D eigenvalue weighted by atomic mass is 10.2. The van der Waals surface area contributed by atoms with Gasteiger partial charge in [0.1, 0.15) is 19.0 Å². The molecular formula is C29H37N11. The summed E-state index contributed by atoms with van der Waals surface area (Å²) in [4.78, 5) is 40.4. The molecule has 1 saturated heterocycles. The van der Waals surface area contributed by atoms with Crippen LogP contribution in [0, 0.1) is 0 Å². The molecule has 1 fully saturated rings. The van der Waals surface area contributed by atoms with E-state index >= 15 is 0 Å². The van der Waals surface area contributed by atoms with E-state index in [0.29, 0.717) is 0 Å². The molecule has 11 nitrogen and oxygen atoms in total. The zero-order valence-electron chi connectivity index (χ0n) is 22.9. The molecule has 4 aromatic rings. The SMILES string of the molecule is c1ccc(CN2CCN(Cc3ccncn3)CCN(Cc3ccncn3)CCN(Cc3ccncn3)CC2)nc1. The first kappa shape index (κ1) is 27.8. The summed E-state index contributed by atoms with van der Waals surface area (Å²) in [5, 5.41) is 0. The molecule has 0 unspecified atom stereocenters. The molecule has 4 aromatic heterocycles. The number of pyridine rings is 1. The molecule has 1 aliphatic rings. The van der Waals surface area contributed by atoms with Crippen LogP contribution in [0.5, 0.6) is 0 Å². The Morgan fingerprint density at radius 1 is 0.400 bits per heavy atom. The van der Waals surface area contributed by atoms with Crippen molar-refractivity contribution in [1.82, 2.24) is 54.5 Å². The van der Waals surface area contributed by atoms with Gasteiger partial charge in [-0.1, -0.05) is 6.07 Å². The molecule has 208 valence electrons. The summed E-state index contributed by atoms with van der Waals surface area (Å²) in [6.45, 7) is 10.7. The Hall–Kier alpha value is -3.77. The van der Waals surface area contributed by atoms with E-state index in [4.69, 9.17) is 0 Å². The maximum Gasteiger partial charge on any atom is 0.115 e. The summed E-state index contributed by atoms with van der Waals surface area (Å²) in [7, 11) is 0. The second kappa shape index (κ2) is 15.1. The first-order valence-electron chi connectivity index (χ1n) is 13.8. The van der Waals surface area contributed by atoms with E-state index in [9.17, 15) is 0 Å². The van der Waals surface area contributed by atoms with Gasteiger partial charge in [-0.15, -0.1) is 0 Å². The monoisotopic (exact) mass is 539 g/mol. The van der Waals surface area contributed by atoms with Gasteiger partial charge in [-0.25, -0.2) is 29.9 Å². The van der Waals surface area contributed by atoms with Crippen LogP contribution < -0.4 is 0 Å². The van der Waals surface area contributed by atoms with E-state index in [1.54, 1.807) is 19.0 Å². The lowest BCUT2D eigenvalue weighted by molar-refractivity contribution is 0.120. The fourth-order valence-corrected chi connectivity index (χ4v) is 4.85. The van der Waals surface area contributed by atoms with Gasteiger partial charge in [-0.3, -0.25) is 24.6 Å². The predicted molar refractivity (Wildman–Crippen MR) is 151 cm³/mol. The third kappa shape index (κ3) is 9.16. The molecule has 5 rings (SSSR count). The Labute approximate surface area is 236 Å². The first-order chi connectivity index (χ1) is 19.8. The second-order valence-corrected chi connectivity index (χ2v) is 10.0. The van der Waals surface area contributed by atoms with Crippen molar-refractivity contribution in [2.24, 2.45) is 0 Å². The normalized spacial score (nSPS) is 17.2. The lowest BCUT2D eigenvalue weighted by Gasteiger charge is -2.34. The van der Waals surface area contributed by atoms with Crippen molar-refractivity contribution < 1.29 is 0 Å². The third-order valence-electron chi connectivity index (χ3n) is 7.13. The van der Waals surface area contributed by atoms with Crippen LogP contribution in [0.3, 0.4) is 0 Å². The molecule has 0 aliphatic carbocycles. The maximum absolute atomic E-state index is 4.61. The molecule has 5 heterocycles. The molecule has 40 heavy (non-hydrogen) atoms. The number of hydrogen-bond donors (Lipinski definition) is 0. The Kier molecular flexibility index (Phi) is 10.5. The molecule has 0 saturated carbocycles. The molecule has 0 amide bonds. The summed E-state index contributed by atoms with van der Waals surface area (Å²) in [6.07, 6.45) is 12.2. The number of nitrogens with zero attached hydrogens (tertiary/aromatic N) is 11. The third-order valence-corrected chi connectivity index (χ3v) is 7.13. The van der Waals surface area contributed by atoms with Crippen LogP contribution in [0.2, 0.25) is 0 Å². The van der Waals surface area contributed by atoms with Crippen molar-refractivity contribution in [3.63, 3.8) is 0 Å². The standard InChI is InChI=1S/C29H37N11/c1-2-7-33-26(3-1)19-37-11-13-38(20-27-4-8-30-23-34-27)15-17-40(22-29-6-10-32-25-36-29)18-16-39(14-12-37)21-28-5-9-31-24-35-28/h1-10,23-25H,11-22H2. The fourth-order valence-electron chi connectivity index (χ4n) is 4.85. The largest absolute Gasteiger partial charge is 0.295 e. The van der Waals surface area contributed by atoms with Gasteiger partial charge >= 0.3 is 0 Å². The van der Waals surface area contributed by atoms with Gasteiger partial charge < -0.3 is 0 Å². The molecule has 0 N–H and O–H groups in total. The van der Waals surface area contributed by atoms with Crippen LogP contribution in [-0.2, 0) is 26.2 Å². The van der Waals surface area contributed by atoms with Gasteiger partial charge in [0.05, 0.1) is 22.8 Å². The van der Waals surface area contributed by atoms with Crippen molar-refractivity contribution in [1.29, 1.82) is 0 Å². The van der Waals surface area contributed by atoms with Gasteiger partial charge in [0.25, 0.3) is 0 Å². The average Bonchev–Trinajstić information content (AvgIpc) is 3.00. The van der Waals surface area contributed by atoms with Gasteiger partial charge in [0.2, 0.25) is 0 Å². The van der Waals surface area contributed by atoms with Crippen LogP contribution in [0.25, 0.3) is 0 Å². The Morgan fingerprint density at radius 3 is 1.02 bits per heavy atom. The number of aromatic nitrogens is 7. The summed E-state index contributed by atoms with van der Waals surface area (Å²) in [6, 6.07) is 12.2.